The van der Waals surface area contributed by atoms with Gasteiger partial charge in [0.2, 0.25) is 0 Å². The minimum atomic E-state index is -5.76. The fraction of sp³-hybridized carbons (Fsp3) is 0.591. The van der Waals surface area contributed by atoms with Crippen molar-refractivity contribution in [3.05, 3.63) is 47.5 Å². The maximum Gasteiger partial charge on any atom is 0.511 e. The topological polar surface area (TPSA) is 69.3 Å². The van der Waals surface area contributed by atoms with Crippen molar-refractivity contribution < 1.29 is 36.2 Å². The third-order valence-electron chi connectivity index (χ3n) is 7.73. The van der Waals surface area contributed by atoms with E-state index in [0.29, 0.717) is 15.7 Å². The van der Waals surface area contributed by atoms with E-state index < -0.39 is 46.4 Å². The van der Waals surface area contributed by atoms with Crippen molar-refractivity contribution in [1.29, 1.82) is 0 Å². The highest BCUT2D eigenvalue weighted by atomic mass is 32.2. The molecule has 35 heavy (non-hydrogen) atoms. The van der Waals surface area contributed by atoms with Gasteiger partial charge in [0.15, 0.2) is 0 Å². The van der Waals surface area contributed by atoms with Crippen LogP contribution in [0.1, 0.15) is 50.4 Å². The maximum atomic E-state index is 13.6. The molecule has 6 nitrogen and oxygen atoms in total. The number of sulfonamides is 1. The molecular formula is C22H26F6N4O2S. The first-order chi connectivity index (χ1) is 16.3. The highest BCUT2D eigenvalue weighted by Gasteiger charge is 2.55. The van der Waals surface area contributed by atoms with Crippen LogP contribution in [0.4, 0.5) is 32.0 Å². The number of benzene rings is 1. The third kappa shape index (κ3) is 4.30. The first kappa shape index (κ1) is 24.4. The number of hydrogen-bond donors (Lipinski definition) is 1. The minimum absolute atomic E-state index is 0. The molecule has 1 aromatic carbocycles. The number of nitrogens with zero attached hydrogens (tertiary/aromatic N) is 3. The SMILES string of the molecule is O=S(=O)(N1Cc2cc(C(F)(F)F)ccc2N(Cc2cnc[nH]2)[C@H](C2CC3(CCC3)C2)C1)C(F)(F)F.[HH]. The Hall–Kier alpha value is -2.28. The van der Waals surface area contributed by atoms with E-state index in [4.69, 9.17) is 0 Å². The number of alkyl halides is 6. The lowest BCUT2D eigenvalue weighted by atomic mass is 9.50. The number of halogens is 6. The largest absolute Gasteiger partial charge is 0.511 e. The number of anilines is 1. The molecule has 2 aliphatic carbocycles. The van der Waals surface area contributed by atoms with Crippen LogP contribution in [0.3, 0.4) is 0 Å². The van der Waals surface area contributed by atoms with Gasteiger partial charge in [-0.2, -0.15) is 30.6 Å². The fourth-order valence-electron chi connectivity index (χ4n) is 5.81. The summed E-state index contributed by atoms with van der Waals surface area (Å²) >= 11 is 0. The molecule has 0 radical (unpaired) electrons. The van der Waals surface area contributed by atoms with Crippen molar-refractivity contribution in [3.63, 3.8) is 0 Å². The molecule has 13 heteroatoms. The quantitative estimate of drug-likeness (QED) is 0.552. The summed E-state index contributed by atoms with van der Waals surface area (Å²) in [6, 6.07) is 2.24. The van der Waals surface area contributed by atoms with Crippen molar-refractivity contribution in [3.8, 4) is 0 Å². The average Bonchev–Trinajstić information content (AvgIpc) is 3.14. The molecule has 0 saturated heterocycles. The van der Waals surface area contributed by atoms with Crippen LogP contribution in [0, 0.1) is 11.3 Å². The number of rotatable bonds is 4. The summed E-state index contributed by atoms with van der Waals surface area (Å²) in [5.41, 5.74) is -5.65. The highest BCUT2D eigenvalue weighted by molar-refractivity contribution is 7.89. The van der Waals surface area contributed by atoms with Crippen LogP contribution < -0.4 is 4.90 Å². The van der Waals surface area contributed by atoms with Gasteiger partial charge in [-0.05, 0) is 60.8 Å². The molecule has 3 aliphatic rings. The van der Waals surface area contributed by atoms with Gasteiger partial charge in [0.25, 0.3) is 0 Å². The van der Waals surface area contributed by atoms with E-state index in [1.807, 2.05) is 0 Å². The Morgan fingerprint density at radius 1 is 1.14 bits per heavy atom. The molecule has 194 valence electrons. The molecule has 0 bridgehead atoms. The van der Waals surface area contributed by atoms with Crippen LogP contribution in [0.25, 0.3) is 0 Å². The van der Waals surface area contributed by atoms with Crippen molar-refractivity contribution in [2.75, 3.05) is 11.4 Å². The normalized spacial score (nSPS) is 23.5. The predicted octanol–water partition coefficient (Wildman–Crippen LogP) is 5.30. The Kier molecular flexibility index (Phi) is 5.66. The summed E-state index contributed by atoms with van der Waals surface area (Å²) < 4.78 is 106. The number of aromatic amines is 1. The van der Waals surface area contributed by atoms with Gasteiger partial charge >= 0.3 is 21.7 Å². The Morgan fingerprint density at radius 2 is 1.86 bits per heavy atom. The summed E-state index contributed by atoms with van der Waals surface area (Å²) in [5, 5.41) is 0. The summed E-state index contributed by atoms with van der Waals surface area (Å²) in [5.74, 6) is -0.0857. The van der Waals surface area contributed by atoms with Gasteiger partial charge in [-0.3, -0.25) is 0 Å². The maximum absolute atomic E-state index is 13.6. The van der Waals surface area contributed by atoms with Gasteiger partial charge < -0.3 is 9.88 Å². The second kappa shape index (κ2) is 8.12. The zero-order valence-electron chi connectivity index (χ0n) is 18.5. The molecule has 1 atom stereocenters. The Bertz CT molecular complexity index is 1190. The Labute approximate surface area is 199 Å². The van der Waals surface area contributed by atoms with Crippen molar-refractivity contribution in [2.45, 2.75) is 62.9 Å². The fourth-order valence-corrected chi connectivity index (χ4v) is 6.76. The zero-order valence-corrected chi connectivity index (χ0v) is 19.3. The second-order valence-corrected chi connectivity index (χ2v) is 11.8. The molecule has 1 N–H and O–H groups in total. The number of imidazole rings is 1. The van der Waals surface area contributed by atoms with E-state index in [1.165, 1.54) is 18.6 Å². The summed E-state index contributed by atoms with van der Waals surface area (Å²) in [6.07, 6.45) is 2.91. The van der Waals surface area contributed by atoms with Crippen molar-refractivity contribution in [1.82, 2.24) is 14.3 Å². The summed E-state index contributed by atoms with van der Waals surface area (Å²) in [7, 11) is -5.76. The lowest BCUT2D eigenvalue weighted by molar-refractivity contribution is -0.137. The van der Waals surface area contributed by atoms with E-state index in [-0.39, 0.29) is 24.9 Å². The van der Waals surface area contributed by atoms with Gasteiger partial charge in [0.05, 0.1) is 24.1 Å². The number of H-pyrrole nitrogens is 1. The minimum Gasteiger partial charge on any atom is -0.361 e. The molecule has 2 saturated carbocycles. The van der Waals surface area contributed by atoms with E-state index >= 15 is 0 Å². The van der Waals surface area contributed by atoms with Gasteiger partial charge in [-0.25, -0.2) is 13.4 Å². The molecule has 2 aromatic rings. The molecule has 1 aromatic heterocycles. The number of nitrogens with one attached hydrogen (secondary N) is 1. The third-order valence-corrected chi connectivity index (χ3v) is 9.27. The van der Waals surface area contributed by atoms with E-state index in [1.54, 1.807) is 4.90 Å². The molecule has 2 fully saturated rings. The molecular weight excluding hydrogens is 498 g/mol. The highest BCUT2D eigenvalue weighted by Crippen LogP contribution is 2.60. The van der Waals surface area contributed by atoms with Crippen LogP contribution in [-0.2, 0) is 29.3 Å². The average molecular weight is 525 g/mol. The zero-order chi connectivity index (χ0) is 25.2. The van der Waals surface area contributed by atoms with Crippen molar-refractivity contribution >= 4 is 15.7 Å². The van der Waals surface area contributed by atoms with Crippen LogP contribution in [0.15, 0.2) is 30.7 Å². The van der Waals surface area contributed by atoms with E-state index in [2.05, 4.69) is 9.97 Å². The predicted molar refractivity (Wildman–Crippen MR) is 117 cm³/mol. The van der Waals surface area contributed by atoms with Crippen LogP contribution in [0.5, 0.6) is 0 Å². The lowest BCUT2D eigenvalue weighted by Gasteiger charge is -2.58. The summed E-state index contributed by atoms with van der Waals surface area (Å²) in [6.45, 7) is -1.12. The van der Waals surface area contributed by atoms with Gasteiger partial charge in [-0.1, -0.05) is 6.42 Å². The van der Waals surface area contributed by atoms with Crippen molar-refractivity contribution in [2.24, 2.45) is 11.3 Å². The molecule has 5 rings (SSSR count). The smallest absolute Gasteiger partial charge is 0.361 e. The monoisotopic (exact) mass is 524 g/mol. The van der Waals surface area contributed by atoms with Crippen LogP contribution in [-0.4, -0.2) is 40.8 Å². The summed E-state index contributed by atoms with van der Waals surface area (Å²) in [4.78, 5) is 8.65. The molecule has 1 aliphatic heterocycles. The van der Waals surface area contributed by atoms with E-state index in [0.717, 1.165) is 44.2 Å². The molecule has 0 amide bonds. The lowest BCUT2D eigenvalue weighted by Crippen LogP contribution is -2.56. The Morgan fingerprint density at radius 3 is 2.40 bits per heavy atom. The standard InChI is InChI=1S/C22H24F6N4O2S.H2/c23-21(24,25)16-2-3-18-14(6-16)10-31(35(33,34)22(26,27)28)12-19(15-7-20(8-15)4-1-5-20)32(18)11-17-9-29-13-30-17;/h2-3,6,9,13,15,19H,1,4-5,7-8,10-12H2,(H,29,30);1H/t19-;/m0./s1. The van der Waals surface area contributed by atoms with E-state index in [9.17, 15) is 34.8 Å². The van der Waals surface area contributed by atoms with Gasteiger partial charge in [-0.15, -0.1) is 0 Å². The number of aromatic nitrogens is 2. The first-order valence-corrected chi connectivity index (χ1v) is 12.7. The number of fused-ring (bicyclic) bond motifs is 1. The Balaban J connectivity index is 0.00000304. The van der Waals surface area contributed by atoms with Gasteiger partial charge in [0, 0.05) is 32.4 Å². The molecule has 0 unspecified atom stereocenters. The van der Waals surface area contributed by atoms with Crippen LogP contribution in [0.2, 0.25) is 0 Å². The van der Waals surface area contributed by atoms with Gasteiger partial charge in [0.1, 0.15) is 0 Å². The molecule has 1 spiro atoms. The second-order valence-electron chi connectivity index (χ2n) is 9.88. The first-order valence-electron chi connectivity index (χ1n) is 11.3. The number of hydrogen-bond acceptors (Lipinski definition) is 4. The molecule has 2 heterocycles. The van der Waals surface area contributed by atoms with Crippen LogP contribution >= 0.6 is 0 Å².